The maximum atomic E-state index is 11.6. The fraction of sp³-hybridized carbons (Fsp3) is 0.333. The van der Waals surface area contributed by atoms with Gasteiger partial charge in [-0.2, -0.15) is 0 Å². The number of benzene rings is 1. The van der Waals surface area contributed by atoms with Gasteiger partial charge in [0.15, 0.2) is 0 Å². The Hall–Kier alpha value is -1.64. The molecule has 0 aromatic heterocycles. The van der Waals surface area contributed by atoms with Crippen LogP contribution in [-0.2, 0) is 4.79 Å². The van der Waals surface area contributed by atoms with Crippen molar-refractivity contribution in [1.82, 2.24) is 5.32 Å². The van der Waals surface area contributed by atoms with Crippen molar-refractivity contribution in [2.75, 3.05) is 0 Å². The van der Waals surface area contributed by atoms with Crippen LogP contribution in [-0.4, -0.2) is 18.2 Å². The Morgan fingerprint density at radius 1 is 1.60 bits per heavy atom. The van der Waals surface area contributed by atoms with E-state index in [4.69, 9.17) is 0 Å². The number of amides is 1. The van der Waals surface area contributed by atoms with Gasteiger partial charge in [-0.3, -0.25) is 4.79 Å². The molecule has 3 heteroatoms. The third kappa shape index (κ3) is 3.54. The molecule has 0 bridgehead atoms. The summed E-state index contributed by atoms with van der Waals surface area (Å²) in [6.45, 7) is 1.97. The second kappa shape index (κ2) is 5.96. The van der Waals surface area contributed by atoms with Crippen LogP contribution in [0.25, 0.3) is 0 Å². The Kier molecular flexibility index (Phi) is 4.54. The summed E-state index contributed by atoms with van der Waals surface area (Å²) in [5, 5.41) is 2.65. The average Bonchev–Trinajstić information content (AvgIpc) is 2.29. The van der Waals surface area contributed by atoms with E-state index in [0.29, 0.717) is 12.0 Å². The maximum Gasteiger partial charge on any atom is 0.252 e. The summed E-state index contributed by atoms with van der Waals surface area (Å²) in [6.07, 6.45) is 2.30. The number of aldehydes is 1. The molecule has 0 aliphatic rings. The second-order valence-electron chi connectivity index (χ2n) is 3.28. The van der Waals surface area contributed by atoms with Gasteiger partial charge in [0, 0.05) is 5.56 Å². The van der Waals surface area contributed by atoms with E-state index in [0.717, 1.165) is 12.7 Å². The molecule has 15 heavy (non-hydrogen) atoms. The molecule has 0 saturated carbocycles. The Bertz CT molecular complexity index is 322. The minimum atomic E-state index is -0.392. The van der Waals surface area contributed by atoms with Gasteiger partial charge in [-0.05, 0) is 18.6 Å². The Morgan fingerprint density at radius 3 is 2.93 bits per heavy atom. The van der Waals surface area contributed by atoms with Crippen molar-refractivity contribution in [3.05, 3.63) is 35.9 Å². The highest BCUT2D eigenvalue weighted by Crippen LogP contribution is 1.99. The molecule has 1 N–H and O–H groups in total. The fourth-order valence-corrected chi connectivity index (χ4v) is 1.27. The van der Waals surface area contributed by atoms with E-state index in [1.807, 2.05) is 6.92 Å². The van der Waals surface area contributed by atoms with Gasteiger partial charge < -0.3 is 10.1 Å². The van der Waals surface area contributed by atoms with Gasteiger partial charge in [0.05, 0.1) is 6.04 Å². The summed E-state index contributed by atoms with van der Waals surface area (Å²) in [7, 11) is 0. The lowest BCUT2D eigenvalue weighted by molar-refractivity contribution is -0.109. The van der Waals surface area contributed by atoms with Gasteiger partial charge >= 0.3 is 0 Å². The summed E-state index contributed by atoms with van der Waals surface area (Å²) < 4.78 is 0. The van der Waals surface area contributed by atoms with Gasteiger partial charge in [-0.15, -0.1) is 0 Å². The van der Waals surface area contributed by atoms with Gasteiger partial charge in [0.2, 0.25) is 0 Å². The molecule has 0 heterocycles. The van der Waals surface area contributed by atoms with Gasteiger partial charge in [0.1, 0.15) is 6.29 Å². The summed E-state index contributed by atoms with van der Waals surface area (Å²) in [6, 6.07) is 9.32. The topological polar surface area (TPSA) is 46.2 Å². The lowest BCUT2D eigenvalue weighted by Crippen LogP contribution is -2.35. The van der Waals surface area contributed by atoms with Crippen LogP contribution in [0.15, 0.2) is 24.3 Å². The van der Waals surface area contributed by atoms with Crippen molar-refractivity contribution < 1.29 is 9.59 Å². The normalized spacial score (nSPS) is 11.8. The third-order valence-corrected chi connectivity index (χ3v) is 2.03. The van der Waals surface area contributed by atoms with E-state index in [-0.39, 0.29) is 5.91 Å². The zero-order valence-electron chi connectivity index (χ0n) is 8.69. The SMILES string of the molecule is CCC[C@@H](C=O)NC(=O)c1[c]cccc1. The molecule has 79 valence electrons. The molecule has 0 saturated heterocycles. The van der Waals surface area contributed by atoms with Crippen LogP contribution in [0.5, 0.6) is 0 Å². The quantitative estimate of drug-likeness (QED) is 0.740. The highest BCUT2D eigenvalue weighted by molar-refractivity contribution is 5.95. The summed E-state index contributed by atoms with van der Waals surface area (Å²) in [5.74, 6) is -0.249. The molecule has 0 aliphatic carbocycles. The largest absolute Gasteiger partial charge is 0.343 e. The lowest BCUT2D eigenvalue weighted by Gasteiger charge is -2.10. The first-order valence-corrected chi connectivity index (χ1v) is 5.00. The molecule has 1 aromatic carbocycles. The van der Waals surface area contributed by atoms with Gasteiger partial charge in [-0.25, -0.2) is 0 Å². The minimum Gasteiger partial charge on any atom is -0.343 e. The number of carbonyl (C=O) groups is 2. The molecule has 0 spiro atoms. The molecule has 0 aliphatic heterocycles. The van der Waals surface area contributed by atoms with E-state index >= 15 is 0 Å². The van der Waals surface area contributed by atoms with Crippen molar-refractivity contribution >= 4 is 12.2 Å². The molecule has 3 nitrogen and oxygen atoms in total. The van der Waals surface area contributed by atoms with Crippen molar-refractivity contribution in [2.45, 2.75) is 25.8 Å². The Balaban J connectivity index is 2.58. The van der Waals surface area contributed by atoms with E-state index in [1.54, 1.807) is 24.3 Å². The summed E-state index contributed by atoms with van der Waals surface area (Å²) in [5.41, 5.74) is 0.459. The molecule has 1 amide bonds. The number of hydrogen-bond donors (Lipinski definition) is 1. The van der Waals surface area contributed by atoms with Crippen LogP contribution in [0.1, 0.15) is 30.1 Å². The average molecular weight is 204 g/mol. The molecule has 0 unspecified atom stereocenters. The van der Waals surface area contributed by atoms with Crippen LogP contribution >= 0.6 is 0 Å². The van der Waals surface area contributed by atoms with Gasteiger partial charge in [0.25, 0.3) is 5.91 Å². The first kappa shape index (κ1) is 11.4. The molecule has 1 aromatic rings. The molecule has 1 atom stereocenters. The van der Waals surface area contributed by atoms with Crippen LogP contribution in [0, 0.1) is 6.07 Å². The molecule has 1 radical (unpaired) electrons. The smallest absolute Gasteiger partial charge is 0.252 e. The molecule has 1 rings (SSSR count). The van der Waals surface area contributed by atoms with Crippen molar-refractivity contribution in [1.29, 1.82) is 0 Å². The Morgan fingerprint density at radius 2 is 2.40 bits per heavy atom. The van der Waals surface area contributed by atoms with Crippen molar-refractivity contribution in [2.24, 2.45) is 0 Å². The number of hydrogen-bond acceptors (Lipinski definition) is 2. The van der Waals surface area contributed by atoms with Crippen molar-refractivity contribution in [3.63, 3.8) is 0 Å². The maximum absolute atomic E-state index is 11.6. The lowest BCUT2D eigenvalue weighted by atomic mass is 10.1. The van der Waals surface area contributed by atoms with Crippen LogP contribution < -0.4 is 5.32 Å². The molecule has 0 fully saturated rings. The van der Waals surface area contributed by atoms with E-state index in [9.17, 15) is 9.59 Å². The minimum absolute atomic E-state index is 0.249. The summed E-state index contributed by atoms with van der Waals surface area (Å²) >= 11 is 0. The van der Waals surface area contributed by atoms with Crippen LogP contribution in [0.2, 0.25) is 0 Å². The number of nitrogens with one attached hydrogen (secondary N) is 1. The zero-order valence-corrected chi connectivity index (χ0v) is 8.69. The standard InChI is InChI=1S/C12H14NO2/c1-2-6-11(9-14)13-12(15)10-7-4-3-5-8-10/h3-5,7,9,11H,2,6H2,1H3,(H,13,15)/t11-/m0/s1. The third-order valence-electron chi connectivity index (χ3n) is 2.03. The van der Waals surface area contributed by atoms with Crippen LogP contribution in [0.4, 0.5) is 0 Å². The predicted octanol–water partition coefficient (Wildman–Crippen LogP) is 1.58. The summed E-state index contributed by atoms with van der Waals surface area (Å²) in [4.78, 5) is 22.2. The highest BCUT2D eigenvalue weighted by atomic mass is 16.2. The van der Waals surface area contributed by atoms with E-state index in [1.165, 1.54) is 0 Å². The highest BCUT2D eigenvalue weighted by Gasteiger charge is 2.11. The number of carbonyl (C=O) groups excluding carboxylic acids is 2. The fourth-order valence-electron chi connectivity index (χ4n) is 1.27. The van der Waals surface area contributed by atoms with E-state index < -0.39 is 6.04 Å². The van der Waals surface area contributed by atoms with Crippen molar-refractivity contribution in [3.8, 4) is 0 Å². The Labute approximate surface area is 89.5 Å². The van der Waals surface area contributed by atoms with Crippen LogP contribution in [0.3, 0.4) is 0 Å². The predicted molar refractivity (Wildman–Crippen MR) is 57.5 cm³/mol. The monoisotopic (exact) mass is 204 g/mol. The second-order valence-corrected chi connectivity index (χ2v) is 3.28. The zero-order chi connectivity index (χ0) is 11.1. The molecular weight excluding hydrogens is 190 g/mol. The number of rotatable bonds is 5. The first-order valence-electron chi connectivity index (χ1n) is 5.00. The first-order chi connectivity index (χ1) is 7.27. The van der Waals surface area contributed by atoms with Gasteiger partial charge in [-0.1, -0.05) is 31.5 Å². The van der Waals surface area contributed by atoms with E-state index in [2.05, 4.69) is 11.4 Å². The molecular formula is C12H14NO2.